The second kappa shape index (κ2) is 5.89. The molecule has 0 spiro atoms. The Morgan fingerprint density at radius 3 is 2.75 bits per heavy atom. The highest BCUT2D eigenvalue weighted by molar-refractivity contribution is 6.16. The minimum Gasteiger partial charge on any atom is -0.399 e. The Morgan fingerprint density at radius 1 is 1.12 bits per heavy atom. The molecule has 0 aliphatic carbocycles. The summed E-state index contributed by atoms with van der Waals surface area (Å²) in [5.74, 6) is 0. The molecule has 2 heterocycles. The number of anilines is 1. The number of fused-ring (bicyclic) bond motifs is 1. The van der Waals surface area contributed by atoms with Crippen LogP contribution in [0.1, 0.15) is 23.7 Å². The molecule has 1 aromatic heterocycles. The average Bonchev–Trinajstić information content (AvgIpc) is 3.11. The zero-order valence-electron chi connectivity index (χ0n) is 13.5. The van der Waals surface area contributed by atoms with E-state index in [2.05, 4.69) is 40.1 Å². The topological polar surface area (TPSA) is 64.2 Å². The van der Waals surface area contributed by atoms with E-state index in [0.29, 0.717) is 12.2 Å². The monoisotopic (exact) mass is 314 g/mol. The molecule has 0 amide bonds. The lowest BCUT2D eigenvalue weighted by atomic mass is 10.0. The number of hydrogen-bond donors (Lipinski definition) is 1. The normalized spacial score (nSPS) is 13.9. The molecule has 2 aromatic carbocycles. The predicted octanol–water partition coefficient (Wildman–Crippen LogP) is 3.66. The maximum absolute atomic E-state index is 6.10. The molecule has 0 atom stereocenters. The van der Waals surface area contributed by atoms with E-state index >= 15 is 0 Å². The van der Waals surface area contributed by atoms with Crippen LogP contribution in [0, 0.1) is 0 Å². The minimum absolute atomic E-state index is 0.639. The molecule has 0 fully saturated rings. The number of rotatable bonds is 3. The molecule has 1 aliphatic rings. The summed E-state index contributed by atoms with van der Waals surface area (Å²) in [6.45, 7) is 2.71. The molecule has 0 unspecified atom stereocenters. The van der Waals surface area contributed by atoms with Crippen molar-refractivity contribution in [3.05, 3.63) is 71.6 Å². The lowest BCUT2D eigenvalue weighted by Gasteiger charge is -2.08. The Kier molecular flexibility index (Phi) is 3.58. The standard InChI is InChI=1S/C20H18N4/c1-2-16-12-23-20-17(9-15(21)10-19(20)24-16)14-8-18(22-11-14)13-6-4-3-5-7-13/h3-10,12H,2,11,21H2,1H3. The second-order valence-corrected chi connectivity index (χ2v) is 5.89. The van der Waals surface area contributed by atoms with Crippen LogP contribution < -0.4 is 5.73 Å². The van der Waals surface area contributed by atoms with Gasteiger partial charge >= 0.3 is 0 Å². The van der Waals surface area contributed by atoms with Crippen LogP contribution in [0.3, 0.4) is 0 Å². The third-order valence-corrected chi connectivity index (χ3v) is 4.23. The molecule has 4 nitrogen and oxygen atoms in total. The molecule has 2 N–H and O–H groups in total. The molecule has 118 valence electrons. The van der Waals surface area contributed by atoms with Crippen LogP contribution in [0.25, 0.3) is 16.6 Å². The fraction of sp³-hybridized carbons (Fsp3) is 0.150. The maximum Gasteiger partial charge on any atom is 0.0964 e. The summed E-state index contributed by atoms with van der Waals surface area (Å²) in [5, 5.41) is 0. The molecule has 24 heavy (non-hydrogen) atoms. The first-order valence-electron chi connectivity index (χ1n) is 8.10. The Balaban J connectivity index is 1.80. The molecule has 0 saturated heterocycles. The van der Waals surface area contributed by atoms with Crippen molar-refractivity contribution < 1.29 is 0 Å². The molecule has 0 bridgehead atoms. The van der Waals surface area contributed by atoms with Crippen molar-refractivity contribution in [3.8, 4) is 0 Å². The number of aromatic nitrogens is 2. The van der Waals surface area contributed by atoms with Gasteiger partial charge in [0.15, 0.2) is 0 Å². The van der Waals surface area contributed by atoms with Crippen molar-refractivity contribution in [1.29, 1.82) is 0 Å². The number of aliphatic imine (C=N–C) groups is 1. The molecule has 4 rings (SSSR count). The van der Waals surface area contributed by atoms with E-state index in [4.69, 9.17) is 5.73 Å². The van der Waals surface area contributed by atoms with Gasteiger partial charge in [-0.15, -0.1) is 0 Å². The summed E-state index contributed by atoms with van der Waals surface area (Å²) < 4.78 is 0. The third-order valence-electron chi connectivity index (χ3n) is 4.23. The summed E-state index contributed by atoms with van der Waals surface area (Å²) in [4.78, 5) is 14.0. The van der Waals surface area contributed by atoms with Gasteiger partial charge in [-0.05, 0) is 35.8 Å². The van der Waals surface area contributed by atoms with Gasteiger partial charge in [0.2, 0.25) is 0 Å². The summed E-state index contributed by atoms with van der Waals surface area (Å²) in [6, 6.07) is 14.1. The zero-order valence-corrected chi connectivity index (χ0v) is 13.5. The van der Waals surface area contributed by atoms with Crippen LogP contribution in [0.4, 0.5) is 5.69 Å². The van der Waals surface area contributed by atoms with Crippen LogP contribution >= 0.6 is 0 Å². The lowest BCUT2D eigenvalue weighted by Crippen LogP contribution is -1.98. The molecule has 3 aromatic rings. The van der Waals surface area contributed by atoms with Gasteiger partial charge in [0.05, 0.1) is 29.0 Å². The Bertz CT molecular complexity index is 972. The summed E-state index contributed by atoms with van der Waals surface area (Å²) >= 11 is 0. The average molecular weight is 314 g/mol. The predicted molar refractivity (Wildman–Crippen MR) is 99.2 cm³/mol. The van der Waals surface area contributed by atoms with Gasteiger partial charge in [-0.2, -0.15) is 0 Å². The number of benzene rings is 2. The number of nitrogen functional groups attached to an aromatic ring is 1. The highest BCUT2D eigenvalue weighted by Crippen LogP contribution is 2.29. The zero-order chi connectivity index (χ0) is 16.5. The van der Waals surface area contributed by atoms with Crippen molar-refractivity contribution in [2.75, 3.05) is 12.3 Å². The highest BCUT2D eigenvalue weighted by atomic mass is 14.8. The maximum atomic E-state index is 6.10. The molecule has 0 radical (unpaired) electrons. The van der Waals surface area contributed by atoms with Crippen molar-refractivity contribution in [2.24, 2.45) is 4.99 Å². The largest absolute Gasteiger partial charge is 0.399 e. The highest BCUT2D eigenvalue weighted by Gasteiger charge is 2.16. The summed E-state index contributed by atoms with van der Waals surface area (Å²) in [7, 11) is 0. The van der Waals surface area contributed by atoms with E-state index in [0.717, 1.165) is 45.6 Å². The van der Waals surface area contributed by atoms with Crippen molar-refractivity contribution in [1.82, 2.24) is 9.97 Å². The van der Waals surface area contributed by atoms with Crippen molar-refractivity contribution in [2.45, 2.75) is 13.3 Å². The fourth-order valence-electron chi connectivity index (χ4n) is 2.97. The summed E-state index contributed by atoms with van der Waals surface area (Å²) in [6.07, 6.45) is 4.83. The number of nitrogens with zero attached hydrogens (tertiary/aromatic N) is 3. The van der Waals surface area contributed by atoms with Crippen LogP contribution in [0.5, 0.6) is 0 Å². The smallest absolute Gasteiger partial charge is 0.0964 e. The van der Waals surface area contributed by atoms with E-state index in [-0.39, 0.29) is 0 Å². The second-order valence-electron chi connectivity index (χ2n) is 5.89. The molecular weight excluding hydrogens is 296 g/mol. The molecule has 0 saturated carbocycles. The van der Waals surface area contributed by atoms with E-state index < -0.39 is 0 Å². The van der Waals surface area contributed by atoms with Crippen LogP contribution in [0.2, 0.25) is 0 Å². The summed E-state index contributed by atoms with van der Waals surface area (Å²) in [5.41, 5.74) is 13.8. The third kappa shape index (κ3) is 2.56. The Hall–Kier alpha value is -3.01. The first kappa shape index (κ1) is 14.6. The first-order valence-corrected chi connectivity index (χ1v) is 8.10. The van der Waals surface area contributed by atoms with E-state index in [1.54, 1.807) is 0 Å². The SMILES string of the molecule is CCc1cnc2c(C3=CC(c4ccccc4)=NC3)cc(N)cc2n1. The fourth-order valence-corrected chi connectivity index (χ4v) is 2.97. The number of nitrogens with two attached hydrogens (primary N) is 1. The van der Waals surface area contributed by atoms with E-state index in [9.17, 15) is 0 Å². The molecule has 1 aliphatic heterocycles. The van der Waals surface area contributed by atoms with Gasteiger partial charge in [0.1, 0.15) is 0 Å². The number of hydrogen-bond acceptors (Lipinski definition) is 4. The van der Waals surface area contributed by atoms with Crippen molar-refractivity contribution in [3.63, 3.8) is 0 Å². The van der Waals surface area contributed by atoms with Crippen LogP contribution in [-0.4, -0.2) is 22.2 Å². The van der Waals surface area contributed by atoms with Gasteiger partial charge in [-0.3, -0.25) is 9.98 Å². The molecule has 4 heteroatoms. The van der Waals surface area contributed by atoms with Gasteiger partial charge in [-0.1, -0.05) is 37.3 Å². The van der Waals surface area contributed by atoms with Gasteiger partial charge < -0.3 is 5.73 Å². The van der Waals surface area contributed by atoms with Crippen LogP contribution in [-0.2, 0) is 6.42 Å². The minimum atomic E-state index is 0.639. The quantitative estimate of drug-likeness (QED) is 0.750. The van der Waals surface area contributed by atoms with Crippen molar-refractivity contribution >= 4 is 28.0 Å². The molecular formula is C20H18N4. The number of aryl methyl sites for hydroxylation is 1. The van der Waals surface area contributed by atoms with Gasteiger partial charge in [0, 0.05) is 17.4 Å². The van der Waals surface area contributed by atoms with Crippen LogP contribution in [0.15, 0.2) is 59.7 Å². The Morgan fingerprint density at radius 2 is 1.96 bits per heavy atom. The lowest BCUT2D eigenvalue weighted by molar-refractivity contribution is 1.03. The number of allylic oxidation sites excluding steroid dienone is 1. The van der Waals surface area contributed by atoms with E-state index in [1.807, 2.05) is 36.5 Å². The van der Waals surface area contributed by atoms with Gasteiger partial charge in [0.25, 0.3) is 0 Å². The Labute approximate surface area is 140 Å². The first-order chi connectivity index (χ1) is 11.7. The van der Waals surface area contributed by atoms with Gasteiger partial charge in [-0.25, -0.2) is 4.98 Å². The van der Waals surface area contributed by atoms with E-state index in [1.165, 1.54) is 0 Å².